The van der Waals surface area contributed by atoms with Gasteiger partial charge in [-0.3, -0.25) is 9.59 Å². The van der Waals surface area contributed by atoms with Crippen LogP contribution in [-0.2, 0) is 4.79 Å². The van der Waals surface area contributed by atoms with Gasteiger partial charge in [0.1, 0.15) is 4.33 Å². The quantitative estimate of drug-likeness (QED) is 0.462. The molecule has 1 aliphatic rings. The maximum Gasteiger partial charge on any atom is 0.252 e. The molecule has 0 bridgehead atoms. The van der Waals surface area contributed by atoms with Gasteiger partial charge in [0.15, 0.2) is 0 Å². The molecule has 2 amide bonds. The number of nitrogens with one attached hydrogen (secondary N) is 2. The molecule has 2 unspecified atom stereocenters. The van der Waals surface area contributed by atoms with Crippen LogP contribution in [0.15, 0.2) is 36.4 Å². The highest BCUT2D eigenvalue weighted by atomic mass is 35.5. The first kappa shape index (κ1) is 22.5. The minimum absolute atomic E-state index is 0.273. The van der Waals surface area contributed by atoms with Crippen LogP contribution in [0.2, 0.25) is 15.1 Å². The summed E-state index contributed by atoms with van der Waals surface area (Å²) in [5, 5.41) is 6.67. The van der Waals surface area contributed by atoms with Crippen molar-refractivity contribution in [2.45, 2.75) is 23.6 Å². The van der Waals surface area contributed by atoms with Gasteiger partial charge in [0.2, 0.25) is 5.91 Å². The second kappa shape index (κ2) is 8.91. The molecule has 1 aliphatic carbocycles. The molecule has 2 aromatic carbocycles. The third-order valence-corrected chi connectivity index (χ3v) is 6.30. The highest BCUT2D eigenvalue weighted by molar-refractivity contribution is 6.53. The maximum atomic E-state index is 12.8. The molecule has 0 saturated heterocycles. The van der Waals surface area contributed by atoms with Crippen LogP contribution < -0.4 is 10.6 Å². The Morgan fingerprint density at radius 3 is 2.31 bits per heavy atom. The van der Waals surface area contributed by atoms with E-state index >= 15 is 0 Å². The van der Waals surface area contributed by atoms with E-state index in [1.807, 2.05) is 6.92 Å². The lowest BCUT2D eigenvalue weighted by molar-refractivity contribution is -0.117. The molecule has 1 fully saturated rings. The van der Waals surface area contributed by atoms with Crippen molar-refractivity contribution in [3.05, 3.63) is 62.6 Å². The third-order valence-electron chi connectivity index (χ3n) is 4.59. The second-order valence-electron chi connectivity index (χ2n) is 6.77. The third kappa shape index (κ3) is 4.95. The first-order valence-electron chi connectivity index (χ1n) is 8.87. The topological polar surface area (TPSA) is 58.2 Å². The van der Waals surface area contributed by atoms with Gasteiger partial charge in [-0.15, -0.1) is 23.2 Å². The van der Waals surface area contributed by atoms with Crippen LogP contribution in [0.3, 0.4) is 0 Å². The van der Waals surface area contributed by atoms with Gasteiger partial charge in [-0.25, -0.2) is 0 Å². The summed E-state index contributed by atoms with van der Waals surface area (Å²) < 4.78 is -1.29. The fraction of sp³-hybridized carbons (Fsp3) is 0.300. The van der Waals surface area contributed by atoms with Crippen LogP contribution in [0.25, 0.3) is 0 Å². The molecule has 29 heavy (non-hydrogen) atoms. The van der Waals surface area contributed by atoms with Crippen LogP contribution in [0.1, 0.15) is 35.2 Å². The Labute approximate surface area is 193 Å². The van der Waals surface area contributed by atoms with E-state index in [0.717, 1.165) is 6.42 Å². The number of alkyl halides is 2. The van der Waals surface area contributed by atoms with E-state index in [1.165, 1.54) is 6.07 Å². The van der Waals surface area contributed by atoms with E-state index in [2.05, 4.69) is 10.6 Å². The summed E-state index contributed by atoms with van der Waals surface area (Å²) >= 11 is 31.0. The van der Waals surface area contributed by atoms with Gasteiger partial charge in [-0.05, 0) is 48.4 Å². The van der Waals surface area contributed by atoms with Crippen molar-refractivity contribution >= 4 is 75.5 Å². The van der Waals surface area contributed by atoms with Gasteiger partial charge in [0.05, 0.1) is 16.5 Å². The van der Waals surface area contributed by atoms with E-state index in [0.29, 0.717) is 32.9 Å². The number of carbonyl (C=O) groups excluding carboxylic acids is 2. The van der Waals surface area contributed by atoms with Crippen molar-refractivity contribution in [3.63, 3.8) is 0 Å². The lowest BCUT2D eigenvalue weighted by Gasteiger charge is -2.10. The Kier molecular flexibility index (Phi) is 6.91. The molecule has 9 heteroatoms. The molecular formula is C20H17Cl5N2O2. The lowest BCUT2D eigenvalue weighted by atomic mass is 10.1. The fourth-order valence-corrected chi connectivity index (χ4v) is 4.73. The van der Waals surface area contributed by atoms with Gasteiger partial charge in [-0.2, -0.15) is 0 Å². The highest BCUT2D eigenvalue weighted by Crippen LogP contribution is 2.65. The number of rotatable bonds is 6. The van der Waals surface area contributed by atoms with Crippen molar-refractivity contribution in [2.24, 2.45) is 5.92 Å². The molecule has 0 aromatic heterocycles. The zero-order valence-corrected chi connectivity index (χ0v) is 19.0. The summed E-state index contributed by atoms with van der Waals surface area (Å²) in [6, 6.07) is 9.63. The molecule has 0 radical (unpaired) electrons. The van der Waals surface area contributed by atoms with Crippen molar-refractivity contribution in [1.82, 2.24) is 5.32 Å². The van der Waals surface area contributed by atoms with Crippen molar-refractivity contribution in [1.29, 1.82) is 0 Å². The summed E-state index contributed by atoms with van der Waals surface area (Å²) in [7, 11) is 0. The Morgan fingerprint density at radius 2 is 1.69 bits per heavy atom. The largest absolute Gasteiger partial charge is 0.352 e. The van der Waals surface area contributed by atoms with Crippen molar-refractivity contribution in [3.8, 4) is 0 Å². The first-order valence-corrected chi connectivity index (χ1v) is 10.8. The van der Waals surface area contributed by atoms with Crippen LogP contribution in [0.5, 0.6) is 0 Å². The smallest absolute Gasteiger partial charge is 0.252 e. The average Bonchev–Trinajstić information content (AvgIpc) is 3.22. The molecule has 1 saturated carbocycles. The minimum atomic E-state index is -1.29. The Hall–Kier alpha value is -1.17. The average molecular weight is 495 g/mol. The fourth-order valence-electron chi connectivity index (χ4n) is 3.15. The maximum absolute atomic E-state index is 12.8. The normalized spacial score (nSPS) is 19.5. The Balaban J connectivity index is 1.77. The van der Waals surface area contributed by atoms with Crippen LogP contribution in [0.4, 0.5) is 5.69 Å². The van der Waals surface area contributed by atoms with E-state index in [9.17, 15) is 9.59 Å². The van der Waals surface area contributed by atoms with E-state index in [4.69, 9.17) is 58.0 Å². The molecule has 154 valence electrons. The lowest BCUT2D eigenvalue weighted by Crippen LogP contribution is -2.24. The molecule has 0 spiro atoms. The van der Waals surface area contributed by atoms with Crippen molar-refractivity contribution in [2.75, 3.05) is 11.9 Å². The Morgan fingerprint density at radius 1 is 1.03 bits per heavy atom. The minimum Gasteiger partial charge on any atom is -0.352 e. The Bertz CT molecular complexity index is 944. The van der Waals surface area contributed by atoms with Gasteiger partial charge < -0.3 is 10.6 Å². The first-order chi connectivity index (χ1) is 13.6. The van der Waals surface area contributed by atoms with Gasteiger partial charge in [0.25, 0.3) is 5.91 Å². The number of amides is 2. The molecule has 0 aliphatic heterocycles. The summed E-state index contributed by atoms with van der Waals surface area (Å²) in [4.78, 5) is 25.0. The number of benzene rings is 2. The monoisotopic (exact) mass is 492 g/mol. The molecule has 2 atom stereocenters. The number of carbonyl (C=O) groups is 2. The van der Waals surface area contributed by atoms with E-state index in [-0.39, 0.29) is 17.4 Å². The summed E-state index contributed by atoms with van der Waals surface area (Å²) in [5.41, 5.74) is 1.37. The summed E-state index contributed by atoms with van der Waals surface area (Å²) in [6.07, 6.45) is 0.796. The van der Waals surface area contributed by atoms with Crippen LogP contribution >= 0.6 is 58.0 Å². The van der Waals surface area contributed by atoms with Crippen LogP contribution in [-0.4, -0.2) is 22.7 Å². The van der Waals surface area contributed by atoms with Gasteiger partial charge in [0, 0.05) is 28.2 Å². The zero-order valence-electron chi connectivity index (χ0n) is 15.2. The molecule has 3 rings (SSSR count). The molecule has 4 nitrogen and oxygen atoms in total. The SMILES string of the molecule is CCCNC(=O)c1cc(NC(=O)C2C(c3cc(Cl)cc(Cl)c3)C2(Cl)Cl)ccc1Cl. The van der Waals surface area contributed by atoms with E-state index in [1.54, 1.807) is 30.3 Å². The predicted molar refractivity (Wildman–Crippen MR) is 120 cm³/mol. The highest BCUT2D eigenvalue weighted by Gasteiger charge is 2.67. The van der Waals surface area contributed by atoms with Gasteiger partial charge in [-0.1, -0.05) is 41.7 Å². The van der Waals surface area contributed by atoms with Gasteiger partial charge >= 0.3 is 0 Å². The number of anilines is 1. The van der Waals surface area contributed by atoms with Crippen LogP contribution in [0, 0.1) is 5.92 Å². The number of hydrogen-bond acceptors (Lipinski definition) is 2. The standard InChI is InChI=1S/C20H17Cl5N2O2/c1-2-5-26-18(28)14-9-13(3-4-15(14)23)27-19(29)17-16(20(17,24)25)10-6-11(21)8-12(22)7-10/h3-4,6-9,16-17H,2,5H2,1H3,(H,26,28)(H,27,29). The molecule has 2 N–H and O–H groups in total. The predicted octanol–water partition coefficient (Wildman–Crippen LogP) is 6.31. The van der Waals surface area contributed by atoms with E-state index < -0.39 is 16.2 Å². The molecular weight excluding hydrogens is 477 g/mol. The molecule has 0 heterocycles. The summed E-state index contributed by atoms with van der Waals surface area (Å²) in [6.45, 7) is 2.47. The summed E-state index contributed by atoms with van der Waals surface area (Å²) in [5.74, 6) is -1.84. The molecule has 2 aromatic rings. The zero-order chi connectivity index (χ0) is 21.3. The van der Waals surface area contributed by atoms with Crippen molar-refractivity contribution < 1.29 is 9.59 Å². The number of hydrogen-bond donors (Lipinski definition) is 2. The second-order valence-corrected chi connectivity index (χ2v) is 9.50. The number of halogens is 5.